The van der Waals surface area contributed by atoms with Gasteiger partial charge in [0.15, 0.2) is 0 Å². The molecule has 0 amide bonds. The van der Waals surface area contributed by atoms with E-state index in [2.05, 4.69) is 97.1 Å². The van der Waals surface area contributed by atoms with Crippen LogP contribution in [0.5, 0.6) is 0 Å². The molecule has 0 aromatic heterocycles. The van der Waals surface area contributed by atoms with Gasteiger partial charge in [-0.2, -0.15) is 0 Å². The lowest BCUT2D eigenvalue weighted by Crippen LogP contribution is -2.31. The van der Waals surface area contributed by atoms with E-state index in [1.54, 1.807) is 0 Å². The summed E-state index contributed by atoms with van der Waals surface area (Å²) in [4.78, 5) is 0. The number of hydrogen-bond donors (Lipinski definition) is 0. The van der Waals surface area contributed by atoms with Crippen LogP contribution in [0.15, 0.2) is 84.9 Å². The van der Waals surface area contributed by atoms with Gasteiger partial charge in [-0.15, -0.1) is 0 Å². The van der Waals surface area contributed by atoms with Crippen LogP contribution >= 0.6 is 0 Å². The van der Waals surface area contributed by atoms with Crippen LogP contribution in [0.3, 0.4) is 0 Å². The molecule has 0 heterocycles. The van der Waals surface area contributed by atoms with Gasteiger partial charge in [0.1, 0.15) is 0 Å². The lowest BCUT2D eigenvalue weighted by Gasteiger charge is -2.17. The Balaban J connectivity index is 0.000000561. The maximum Gasteiger partial charge on any atom is -0.00297 e. The van der Waals surface area contributed by atoms with E-state index in [-0.39, 0.29) is 0 Å². The molecule has 32 heavy (non-hydrogen) atoms. The van der Waals surface area contributed by atoms with Crippen LogP contribution in [-0.4, -0.2) is 0 Å². The molecule has 0 spiro atoms. The van der Waals surface area contributed by atoms with Gasteiger partial charge in [-0.3, -0.25) is 0 Å². The molecule has 4 aromatic carbocycles. The van der Waals surface area contributed by atoms with Crippen molar-refractivity contribution >= 4 is 22.9 Å². The number of hydrogen-bond acceptors (Lipinski definition) is 0. The highest BCUT2D eigenvalue weighted by molar-refractivity contribution is 6.05. The molecule has 1 aliphatic rings. The highest BCUT2D eigenvalue weighted by Crippen LogP contribution is 2.31. The maximum atomic E-state index is 2.43. The third-order valence-electron chi connectivity index (χ3n) is 5.28. The third-order valence-corrected chi connectivity index (χ3v) is 5.28. The molecule has 0 radical (unpaired) electrons. The first-order valence-electron chi connectivity index (χ1n) is 12.3. The molecule has 0 aliphatic heterocycles. The first kappa shape index (κ1) is 25.1. The Kier molecular flexibility index (Phi) is 10.5. The molecular weight excluding hydrogens is 384 g/mol. The fraction of sp³-hybridized carbons (Fsp3) is 0.250. The van der Waals surface area contributed by atoms with Crippen LogP contribution < -0.4 is 10.4 Å². The third kappa shape index (κ3) is 5.19. The fourth-order valence-electron chi connectivity index (χ4n) is 4.19. The van der Waals surface area contributed by atoms with Gasteiger partial charge < -0.3 is 0 Å². The Morgan fingerprint density at radius 1 is 0.406 bits per heavy atom. The minimum atomic E-state index is 1.11. The molecule has 0 atom stereocenters. The molecule has 4 aromatic rings. The second-order valence-electron chi connectivity index (χ2n) is 6.84. The van der Waals surface area contributed by atoms with Crippen molar-refractivity contribution in [2.45, 2.75) is 54.4 Å². The predicted molar refractivity (Wildman–Crippen MR) is 146 cm³/mol. The van der Waals surface area contributed by atoms with Crippen molar-refractivity contribution in [1.82, 2.24) is 0 Å². The van der Waals surface area contributed by atoms with Crippen LogP contribution in [0, 0.1) is 0 Å². The topological polar surface area (TPSA) is 0 Å². The van der Waals surface area contributed by atoms with Gasteiger partial charge >= 0.3 is 0 Å². The molecule has 0 fully saturated rings. The molecule has 0 bridgehead atoms. The normalized spacial score (nSPS) is 11.1. The average Bonchev–Trinajstić information content (AvgIpc) is 2.91. The van der Waals surface area contributed by atoms with Crippen molar-refractivity contribution in [3.63, 3.8) is 0 Å². The number of rotatable bonds is 2. The van der Waals surface area contributed by atoms with Crippen LogP contribution in [0.25, 0.3) is 45.2 Å². The van der Waals surface area contributed by atoms with Crippen molar-refractivity contribution in [2.75, 3.05) is 0 Å². The first-order valence-corrected chi connectivity index (χ1v) is 12.3. The molecule has 0 N–H and O–H groups in total. The molecule has 1 aliphatic carbocycles. The summed E-state index contributed by atoms with van der Waals surface area (Å²) in [5.74, 6) is 0. The van der Waals surface area contributed by atoms with Crippen LogP contribution in [-0.2, 0) is 0 Å². The number of benzene rings is 4. The van der Waals surface area contributed by atoms with Crippen LogP contribution in [0.2, 0.25) is 0 Å². The first-order chi connectivity index (χ1) is 15.9. The molecule has 0 heteroatoms. The lowest BCUT2D eigenvalue weighted by atomic mass is 9.86. The van der Waals surface area contributed by atoms with Crippen LogP contribution in [0.1, 0.15) is 54.4 Å². The Morgan fingerprint density at radius 3 is 1.06 bits per heavy atom. The van der Waals surface area contributed by atoms with Crippen LogP contribution in [0.4, 0.5) is 0 Å². The average molecular weight is 423 g/mol. The zero-order valence-electron chi connectivity index (χ0n) is 20.7. The van der Waals surface area contributed by atoms with Crippen molar-refractivity contribution in [2.24, 2.45) is 0 Å². The Morgan fingerprint density at radius 2 is 0.719 bits per heavy atom. The van der Waals surface area contributed by atoms with E-state index < -0.39 is 0 Å². The quantitative estimate of drug-likeness (QED) is 0.303. The summed E-state index contributed by atoms with van der Waals surface area (Å²) >= 11 is 0. The van der Waals surface area contributed by atoms with E-state index in [1.807, 2.05) is 41.5 Å². The van der Waals surface area contributed by atoms with Gasteiger partial charge in [0.25, 0.3) is 0 Å². The Hall–Kier alpha value is -3.12. The Labute approximate surface area is 195 Å². The Bertz CT molecular complexity index is 1100. The summed E-state index contributed by atoms with van der Waals surface area (Å²) in [6.07, 6.45) is 7.08. The smallest absolute Gasteiger partial charge is 0.00297 e. The van der Waals surface area contributed by atoms with Gasteiger partial charge in [-0.1, -0.05) is 139 Å². The fourth-order valence-corrected chi connectivity index (χ4v) is 4.19. The summed E-state index contributed by atoms with van der Waals surface area (Å²) in [6, 6.07) is 30.5. The van der Waals surface area contributed by atoms with Gasteiger partial charge in [-0.05, 0) is 56.3 Å². The molecule has 0 unspecified atom stereocenters. The van der Waals surface area contributed by atoms with Crippen molar-refractivity contribution in [3.05, 3.63) is 95.4 Å². The standard InChI is InChI=1S/C26H20.3C2H6/c1-3-11-19(12-4-1)25-21-15-7-9-17-23(21)26(20-13-5-2-6-14-20)24-18-10-8-16-22(24)25;3*1-2/h1-7,9,11-18H,8,10H2;3*1-2H3. The molecule has 166 valence electrons. The molecule has 0 saturated carbocycles. The molecule has 0 nitrogen and oxygen atoms in total. The van der Waals surface area contributed by atoms with Gasteiger partial charge in [0.2, 0.25) is 0 Å². The summed E-state index contributed by atoms with van der Waals surface area (Å²) in [5, 5.41) is 5.45. The zero-order valence-corrected chi connectivity index (χ0v) is 20.7. The van der Waals surface area contributed by atoms with Gasteiger partial charge in [0, 0.05) is 0 Å². The van der Waals surface area contributed by atoms with E-state index >= 15 is 0 Å². The predicted octanol–water partition coefficient (Wildman–Crippen LogP) is 8.61. The monoisotopic (exact) mass is 422 g/mol. The SMILES string of the molecule is C1=c2c(-c3ccccc3)c3ccccc3c(-c3ccccc3)c2=CCC1.CC.CC.CC. The van der Waals surface area contributed by atoms with E-state index in [0.717, 1.165) is 12.8 Å². The van der Waals surface area contributed by atoms with Gasteiger partial charge in [-0.25, -0.2) is 0 Å². The summed E-state index contributed by atoms with van der Waals surface area (Å²) in [6.45, 7) is 12.0. The summed E-state index contributed by atoms with van der Waals surface area (Å²) in [5.41, 5.74) is 5.33. The molecule has 5 rings (SSSR count). The maximum absolute atomic E-state index is 2.43. The highest BCUT2D eigenvalue weighted by Gasteiger charge is 2.15. The number of fused-ring (bicyclic) bond motifs is 2. The second-order valence-corrected chi connectivity index (χ2v) is 6.84. The summed E-state index contributed by atoms with van der Waals surface area (Å²) in [7, 11) is 0. The minimum Gasteiger partial charge on any atom is -0.0757 e. The van der Waals surface area contributed by atoms with Crippen molar-refractivity contribution < 1.29 is 0 Å². The summed E-state index contributed by atoms with van der Waals surface area (Å²) < 4.78 is 0. The van der Waals surface area contributed by atoms with Crippen molar-refractivity contribution in [1.29, 1.82) is 0 Å². The van der Waals surface area contributed by atoms with E-state index in [4.69, 9.17) is 0 Å². The largest absolute Gasteiger partial charge is 0.0757 e. The van der Waals surface area contributed by atoms with Crippen molar-refractivity contribution in [3.8, 4) is 22.3 Å². The lowest BCUT2D eigenvalue weighted by molar-refractivity contribution is 1.12. The molecular formula is C32H38. The van der Waals surface area contributed by atoms with E-state index in [1.165, 1.54) is 43.5 Å². The second kappa shape index (κ2) is 13.3. The van der Waals surface area contributed by atoms with Gasteiger partial charge in [0.05, 0.1) is 0 Å². The molecule has 0 saturated heterocycles. The van der Waals surface area contributed by atoms with E-state index in [0.29, 0.717) is 0 Å². The van der Waals surface area contributed by atoms with E-state index in [9.17, 15) is 0 Å². The minimum absolute atomic E-state index is 1.11. The zero-order chi connectivity index (χ0) is 23.3. The highest BCUT2D eigenvalue weighted by atomic mass is 14.2.